The minimum Gasteiger partial charge on any atom is -0.337 e. The molecule has 1 saturated carbocycles. The Hall–Kier alpha value is -1.64. The lowest BCUT2D eigenvalue weighted by molar-refractivity contribution is -0.139. The minimum atomic E-state index is -4.38. The van der Waals surface area contributed by atoms with Crippen LogP contribution in [0.1, 0.15) is 42.9 Å². The summed E-state index contributed by atoms with van der Waals surface area (Å²) in [6.07, 6.45) is -0.897. The van der Waals surface area contributed by atoms with E-state index in [1.54, 1.807) is 6.07 Å². The number of nitrogens with zero attached hydrogens (tertiary/aromatic N) is 1. The van der Waals surface area contributed by atoms with Crippen molar-refractivity contribution in [3.05, 3.63) is 35.4 Å². The second-order valence-electron chi connectivity index (χ2n) is 6.68. The topological polar surface area (TPSA) is 56.4 Å². The maximum absolute atomic E-state index is 13.0. The van der Waals surface area contributed by atoms with Crippen molar-refractivity contribution in [1.82, 2.24) is 21.3 Å². The number of benzene rings is 1. The number of hydrogen-bond acceptors (Lipinski definition) is 4. The van der Waals surface area contributed by atoms with E-state index >= 15 is 0 Å². The molecular formula is C16H19F3N4O. The molecule has 1 amide bonds. The first kappa shape index (κ1) is 15.9. The highest BCUT2D eigenvalue weighted by Crippen LogP contribution is 2.37. The molecule has 0 spiro atoms. The van der Waals surface area contributed by atoms with Gasteiger partial charge in [-0.25, -0.2) is 10.4 Å². The highest BCUT2D eigenvalue weighted by atomic mass is 19.4. The molecule has 2 aliphatic heterocycles. The maximum atomic E-state index is 13.0. The number of carbonyl (C=O) groups excluding carboxylic acids is 1. The fraction of sp³-hybridized carbons (Fsp3) is 0.562. The number of alkyl halides is 3. The van der Waals surface area contributed by atoms with Gasteiger partial charge in [-0.1, -0.05) is 25.0 Å². The molecule has 130 valence electrons. The fourth-order valence-electron chi connectivity index (χ4n) is 4.07. The number of hydrazine groups is 2. The summed E-state index contributed by atoms with van der Waals surface area (Å²) in [5.74, 6) is -0.0482. The number of fused-ring (bicyclic) bond motifs is 3. The monoisotopic (exact) mass is 340 g/mol. The summed E-state index contributed by atoms with van der Waals surface area (Å²) in [5.41, 5.74) is 5.93. The van der Waals surface area contributed by atoms with E-state index in [1.165, 1.54) is 6.07 Å². The normalized spacial score (nSPS) is 33.7. The van der Waals surface area contributed by atoms with Crippen LogP contribution >= 0.6 is 0 Å². The van der Waals surface area contributed by atoms with Gasteiger partial charge in [0.1, 0.15) is 6.17 Å². The Morgan fingerprint density at radius 3 is 2.75 bits per heavy atom. The van der Waals surface area contributed by atoms with Crippen molar-refractivity contribution in [2.75, 3.05) is 0 Å². The largest absolute Gasteiger partial charge is 0.416 e. The zero-order valence-electron chi connectivity index (χ0n) is 12.9. The Bertz CT molecular complexity index is 650. The average molecular weight is 340 g/mol. The SMILES string of the molecule is O=C1NC2C(c3cccc(C(F)(F)F)c3)NNN2C2CCCCC12. The van der Waals surface area contributed by atoms with Crippen LogP contribution in [0, 0.1) is 5.92 Å². The van der Waals surface area contributed by atoms with Crippen LogP contribution < -0.4 is 16.3 Å². The summed E-state index contributed by atoms with van der Waals surface area (Å²) in [6.45, 7) is 0. The van der Waals surface area contributed by atoms with Gasteiger partial charge >= 0.3 is 6.18 Å². The number of carbonyl (C=O) groups is 1. The zero-order chi connectivity index (χ0) is 16.9. The lowest BCUT2D eigenvalue weighted by atomic mass is 9.81. The smallest absolute Gasteiger partial charge is 0.337 e. The highest BCUT2D eigenvalue weighted by Gasteiger charge is 2.49. The third-order valence-corrected chi connectivity index (χ3v) is 5.25. The summed E-state index contributed by atoms with van der Waals surface area (Å²) >= 11 is 0. The van der Waals surface area contributed by atoms with Gasteiger partial charge in [-0.2, -0.15) is 18.7 Å². The fourth-order valence-corrected chi connectivity index (χ4v) is 4.07. The van der Waals surface area contributed by atoms with E-state index in [1.807, 2.05) is 5.01 Å². The summed E-state index contributed by atoms with van der Waals surface area (Å²) < 4.78 is 38.9. The molecule has 0 aromatic heterocycles. The first-order valence-electron chi connectivity index (χ1n) is 8.22. The number of rotatable bonds is 1. The third-order valence-electron chi connectivity index (χ3n) is 5.25. The zero-order valence-corrected chi connectivity index (χ0v) is 12.9. The van der Waals surface area contributed by atoms with Crippen LogP contribution in [0.5, 0.6) is 0 Å². The van der Waals surface area contributed by atoms with Gasteiger partial charge in [0.15, 0.2) is 0 Å². The molecule has 1 aromatic carbocycles. The predicted molar refractivity (Wildman–Crippen MR) is 80.0 cm³/mol. The van der Waals surface area contributed by atoms with Crippen LogP contribution in [0.4, 0.5) is 13.2 Å². The van der Waals surface area contributed by atoms with Gasteiger partial charge in [-0.15, -0.1) is 0 Å². The van der Waals surface area contributed by atoms with E-state index in [-0.39, 0.29) is 24.0 Å². The van der Waals surface area contributed by atoms with Crippen LogP contribution in [0.15, 0.2) is 24.3 Å². The molecular weight excluding hydrogens is 321 g/mol. The first-order chi connectivity index (χ1) is 11.4. The lowest BCUT2D eigenvalue weighted by Gasteiger charge is -2.44. The van der Waals surface area contributed by atoms with Crippen molar-refractivity contribution in [3.63, 3.8) is 0 Å². The molecule has 2 saturated heterocycles. The van der Waals surface area contributed by atoms with E-state index < -0.39 is 17.8 Å². The molecule has 5 nitrogen and oxygen atoms in total. The van der Waals surface area contributed by atoms with E-state index in [4.69, 9.17) is 0 Å². The molecule has 8 heteroatoms. The van der Waals surface area contributed by atoms with Crippen LogP contribution in [0.25, 0.3) is 0 Å². The highest BCUT2D eigenvalue weighted by molar-refractivity contribution is 5.80. The van der Waals surface area contributed by atoms with Gasteiger partial charge in [-0.05, 0) is 30.5 Å². The molecule has 1 aromatic rings. The Morgan fingerprint density at radius 2 is 1.96 bits per heavy atom. The first-order valence-corrected chi connectivity index (χ1v) is 8.22. The van der Waals surface area contributed by atoms with Crippen molar-refractivity contribution < 1.29 is 18.0 Å². The molecule has 4 unspecified atom stereocenters. The Morgan fingerprint density at radius 1 is 1.17 bits per heavy atom. The molecule has 0 bridgehead atoms. The predicted octanol–water partition coefficient (Wildman–Crippen LogP) is 2.09. The van der Waals surface area contributed by atoms with Crippen molar-refractivity contribution in [2.24, 2.45) is 5.92 Å². The molecule has 1 aliphatic carbocycles. The third kappa shape index (κ3) is 2.58. The number of amides is 1. The molecule has 3 N–H and O–H groups in total. The molecule has 0 radical (unpaired) electrons. The van der Waals surface area contributed by atoms with Gasteiger partial charge < -0.3 is 5.32 Å². The number of hydrogen-bond donors (Lipinski definition) is 3. The lowest BCUT2D eigenvalue weighted by Crippen LogP contribution is -2.64. The maximum Gasteiger partial charge on any atom is 0.416 e. The van der Waals surface area contributed by atoms with E-state index in [0.29, 0.717) is 5.56 Å². The second kappa shape index (κ2) is 5.72. The van der Waals surface area contributed by atoms with Gasteiger partial charge in [0.2, 0.25) is 5.91 Å². The van der Waals surface area contributed by atoms with E-state index in [2.05, 4.69) is 16.3 Å². The average Bonchev–Trinajstić information content (AvgIpc) is 2.98. The van der Waals surface area contributed by atoms with Crippen molar-refractivity contribution in [3.8, 4) is 0 Å². The van der Waals surface area contributed by atoms with Crippen molar-refractivity contribution >= 4 is 5.91 Å². The van der Waals surface area contributed by atoms with Crippen LogP contribution in [0.2, 0.25) is 0 Å². The van der Waals surface area contributed by atoms with Crippen LogP contribution in [-0.4, -0.2) is 23.1 Å². The van der Waals surface area contributed by atoms with Crippen LogP contribution in [-0.2, 0) is 11.0 Å². The number of halogens is 3. The van der Waals surface area contributed by atoms with Gasteiger partial charge in [0.25, 0.3) is 0 Å². The van der Waals surface area contributed by atoms with E-state index in [9.17, 15) is 18.0 Å². The van der Waals surface area contributed by atoms with E-state index in [0.717, 1.165) is 37.8 Å². The van der Waals surface area contributed by atoms with Gasteiger partial charge in [0.05, 0.1) is 17.5 Å². The Labute approximate surface area is 137 Å². The standard InChI is InChI=1S/C16H19F3N4O/c17-16(18,19)10-5-3-4-9(8-10)13-14-20-15(24)11-6-1-2-7-12(11)23(14)22-21-13/h3-5,8,11-14,21-22H,1-2,6-7H2,(H,20,24). The van der Waals surface area contributed by atoms with Gasteiger partial charge in [-0.3, -0.25) is 4.79 Å². The quantitative estimate of drug-likeness (QED) is 0.733. The Kier molecular flexibility index (Phi) is 3.78. The van der Waals surface area contributed by atoms with Crippen molar-refractivity contribution in [1.29, 1.82) is 0 Å². The summed E-state index contributed by atoms with van der Waals surface area (Å²) in [5, 5.41) is 4.93. The summed E-state index contributed by atoms with van der Waals surface area (Å²) in [7, 11) is 0. The minimum absolute atomic E-state index is 0.00317. The molecule has 2 heterocycles. The Balaban J connectivity index is 1.61. The number of nitrogens with one attached hydrogen (secondary N) is 3. The molecule has 3 aliphatic rings. The summed E-state index contributed by atoms with van der Waals surface area (Å²) in [4.78, 5) is 12.4. The molecule has 4 atom stereocenters. The summed E-state index contributed by atoms with van der Waals surface area (Å²) in [6, 6.07) is 4.90. The molecule has 24 heavy (non-hydrogen) atoms. The van der Waals surface area contributed by atoms with Gasteiger partial charge in [0, 0.05) is 6.04 Å². The molecule has 4 rings (SSSR count). The molecule has 3 fully saturated rings. The van der Waals surface area contributed by atoms with Crippen molar-refractivity contribution in [2.45, 2.75) is 50.1 Å². The second-order valence-corrected chi connectivity index (χ2v) is 6.68. The van der Waals surface area contributed by atoms with Crippen LogP contribution in [0.3, 0.4) is 0 Å².